The van der Waals surface area contributed by atoms with Gasteiger partial charge in [0.2, 0.25) is 0 Å². The molecule has 0 aliphatic heterocycles. The quantitative estimate of drug-likeness (QED) is 0.128. The van der Waals surface area contributed by atoms with Gasteiger partial charge in [-0.3, -0.25) is 0 Å². The fraction of sp³-hybridized carbons (Fsp3) is 0.200. The minimum atomic E-state index is -0.303. The lowest BCUT2D eigenvalue weighted by molar-refractivity contribution is 0.423. The number of nitrogens with zero attached hydrogens (tertiary/aromatic N) is 2. The predicted molar refractivity (Wildman–Crippen MR) is 293 cm³/mol. The molecular formula is C65H54F2N2O2. The molecule has 0 unspecified atom stereocenters. The van der Waals surface area contributed by atoms with Crippen LogP contribution in [0.4, 0.5) is 42.9 Å². The van der Waals surface area contributed by atoms with Crippen molar-refractivity contribution in [2.75, 3.05) is 9.80 Å². The van der Waals surface area contributed by atoms with Crippen LogP contribution in [0.3, 0.4) is 0 Å². The topological polar surface area (TPSA) is 32.8 Å². The van der Waals surface area contributed by atoms with Crippen molar-refractivity contribution in [1.82, 2.24) is 0 Å². The van der Waals surface area contributed by atoms with Gasteiger partial charge < -0.3 is 18.6 Å². The fourth-order valence-corrected chi connectivity index (χ4v) is 12.4. The molecular weight excluding hydrogens is 879 g/mol. The first-order chi connectivity index (χ1) is 34.9. The second-order valence-corrected chi connectivity index (χ2v) is 19.9. The summed E-state index contributed by atoms with van der Waals surface area (Å²) < 4.78 is 43.9. The van der Waals surface area contributed by atoms with E-state index in [1.165, 1.54) is 81.2 Å². The maximum atomic E-state index is 14.9. The van der Waals surface area contributed by atoms with Crippen LogP contribution >= 0.6 is 0 Å². The Labute approximate surface area is 412 Å². The van der Waals surface area contributed by atoms with Crippen molar-refractivity contribution >= 4 is 111 Å². The van der Waals surface area contributed by atoms with Gasteiger partial charge in [-0.25, -0.2) is 8.78 Å². The van der Waals surface area contributed by atoms with E-state index >= 15 is 0 Å². The highest BCUT2D eigenvalue weighted by Crippen LogP contribution is 2.51. The summed E-state index contributed by atoms with van der Waals surface area (Å²) >= 11 is 0. The lowest BCUT2D eigenvalue weighted by Crippen LogP contribution is -2.12. The van der Waals surface area contributed by atoms with Gasteiger partial charge in [0.25, 0.3) is 0 Å². The summed E-state index contributed by atoms with van der Waals surface area (Å²) in [5.41, 5.74) is 11.1. The molecule has 350 valence electrons. The molecule has 71 heavy (non-hydrogen) atoms. The largest absolute Gasteiger partial charge is 0.454 e. The predicted octanol–water partition coefficient (Wildman–Crippen LogP) is 20.1. The number of hydrogen-bond donors (Lipinski definition) is 0. The van der Waals surface area contributed by atoms with Crippen LogP contribution in [0.25, 0.3) is 76.9 Å². The van der Waals surface area contributed by atoms with Crippen LogP contribution in [0, 0.1) is 17.6 Å². The Kier molecular flexibility index (Phi) is 10.7. The normalized spacial score (nSPS) is 15.1. The average Bonchev–Trinajstić information content (AvgIpc) is 3.99. The Morgan fingerprint density at radius 3 is 1.55 bits per heavy atom. The van der Waals surface area contributed by atoms with Crippen LogP contribution in [0.5, 0.6) is 0 Å². The number of halogens is 2. The summed E-state index contributed by atoms with van der Waals surface area (Å²) in [6, 6.07) is 50.5. The second-order valence-electron chi connectivity index (χ2n) is 19.9. The minimum Gasteiger partial charge on any atom is -0.454 e. The number of rotatable bonds is 10. The van der Waals surface area contributed by atoms with E-state index in [2.05, 4.69) is 132 Å². The Morgan fingerprint density at radius 1 is 0.493 bits per heavy atom. The van der Waals surface area contributed by atoms with Gasteiger partial charge >= 0.3 is 0 Å². The molecule has 0 atom stereocenters. The summed E-state index contributed by atoms with van der Waals surface area (Å²) in [5.74, 6) is 1.08. The molecule has 2 fully saturated rings. The minimum absolute atomic E-state index is 0.296. The molecule has 2 aliphatic rings. The first kappa shape index (κ1) is 43.3. The highest BCUT2D eigenvalue weighted by atomic mass is 19.1. The molecule has 4 nitrogen and oxygen atoms in total. The van der Waals surface area contributed by atoms with Gasteiger partial charge in [0, 0.05) is 43.9 Å². The lowest BCUT2D eigenvalue weighted by Gasteiger charge is -2.29. The maximum Gasteiger partial charge on any atom is 0.159 e. The zero-order valence-corrected chi connectivity index (χ0v) is 40.0. The molecule has 2 aliphatic carbocycles. The molecule has 2 heterocycles. The monoisotopic (exact) mass is 932 g/mol. The molecule has 11 aromatic rings. The fourth-order valence-electron chi connectivity index (χ4n) is 12.4. The van der Waals surface area contributed by atoms with E-state index in [0.29, 0.717) is 11.8 Å². The van der Waals surface area contributed by atoms with Crippen LogP contribution in [-0.2, 0) is 0 Å². The van der Waals surface area contributed by atoms with Crippen molar-refractivity contribution in [3.63, 3.8) is 0 Å². The number of hydrogen-bond acceptors (Lipinski definition) is 4. The molecule has 0 radical (unpaired) electrons. The summed E-state index contributed by atoms with van der Waals surface area (Å²) in [6.45, 7) is 6.72. The Bertz CT molecular complexity index is 3850. The number of fused-ring (bicyclic) bond motifs is 4. The molecule has 6 heteroatoms. The van der Waals surface area contributed by atoms with Gasteiger partial charge in [-0.2, -0.15) is 0 Å². The molecule has 0 N–H and O–H groups in total. The van der Waals surface area contributed by atoms with Gasteiger partial charge in [-0.05, 0) is 150 Å². The van der Waals surface area contributed by atoms with Gasteiger partial charge in [0.05, 0.1) is 22.7 Å². The third-order valence-corrected chi connectivity index (χ3v) is 15.8. The number of benzene rings is 9. The van der Waals surface area contributed by atoms with Crippen molar-refractivity contribution in [3.8, 4) is 0 Å². The smallest absolute Gasteiger partial charge is 0.159 e. The zero-order valence-electron chi connectivity index (χ0n) is 40.0. The van der Waals surface area contributed by atoms with Crippen molar-refractivity contribution in [2.24, 2.45) is 5.92 Å². The zero-order chi connectivity index (χ0) is 47.7. The Hall–Kier alpha value is -7.70. The molecule has 2 aromatic heterocycles. The number of para-hydroxylation sites is 3. The van der Waals surface area contributed by atoms with E-state index < -0.39 is 0 Å². The first-order valence-electron chi connectivity index (χ1n) is 25.6. The number of allylic oxidation sites excluding steroid dienone is 2. The standard InChI is InChI=1S/C65H54F2N2O2/c1-3-13-50-52-20-11-22-58(64(52)70-62(50)40(2)41-14-6-4-7-15-41)68(47-32-28-45(66)29-33-47)56-38-26-43-25-37-55-57(39-27-44-24-36-54(56)60(43)61(44)55)69(48-34-30-46(67)31-35-48)59-23-12-21-53-51-19-10-18-49(63(51)71-65(53)59)42-16-8-5-9-17-42/h3,10-13,18-39,41-42H,2,4-9,14-17H2,1H3/b13-3-. The molecule has 0 amide bonds. The summed E-state index contributed by atoms with van der Waals surface area (Å²) in [5, 5.41) is 9.67. The third-order valence-electron chi connectivity index (χ3n) is 15.8. The van der Waals surface area contributed by atoms with E-state index in [1.807, 2.05) is 31.2 Å². The third kappa shape index (κ3) is 7.21. The van der Waals surface area contributed by atoms with E-state index in [-0.39, 0.29) is 11.6 Å². The van der Waals surface area contributed by atoms with Crippen LogP contribution in [0.2, 0.25) is 0 Å². The van der Waals surface area contributed by atoms with E-state index in [4.69, 9.17) is 8.83 Å². The van der Waals surface area contributed by atoms with Gasteiger partial charge in [-0.1, -0.05) is 136 Å². The van der Waals surface area contributed by atoms with Crippen molar-refractivity contribution in [1.29, 1.82) is 0 Å². The number of furan rings is 2. The van der Waals surface area contributed by atoms with Gasteiger partial charge in [0.15, 0.2) is 11.2 Å². The van der Waals surface area contributed by atoms with Crippen molar-refractivity contribution in [2.45, 2.75) is 77.0 Å². The van der Waals surface area contributed by atoms with Crippen LogP contribution in [0.1, 0.15) is 93.9 Å². The molecule has 0 bridgehead atoms. The first-order valence-corrected chi connectivity index (χ1v) is 25.6. The SMILES string of the molecule is C=C(c1oc2c(N(c3ccc(F)cc3)c3ccc4ccc5c(N(c6ccc(F)cc6)c6cccc7c6oc6c(C8CCCCC8)cccc67)ccc6ccc3c4c65)cccc2c1/C=C\C)C1CCCCC1. The van der Waals surface area contributed by atoms with Crippen LogP contribution in [-0.4, -0.2) is 0 Å². The highest BCUT2D eigenvalue weighted by Gasteiger charge is 2.29. The lowest BCUT2D eigenvalue weighted by atomic mass is 9.82. The van der Waals surface area contributed by atoms with E-state index in [1.54, 1.807) is 0 Å². The van der Waals surface area contributed by atoms with E-state index in [9.17, 15) is 8.78 Å². The van der Waals surface area contributed by atoms with Crippen molar-refractivity contribution < 1.29 is 17.6 Å². The summed E-state index contributed by atoms with van der Waals surface area (Å²) in [6.07, 6.45) is 16.2. The summed E-state index contributed by atoms with van der Waals surface area (Å²) in [4.78, 5) is 4.46. The molecule has 0 saturated heterocycles. The Morgan fingerprint density at radius 2 is 0.986 bits per heavy atom. The maximum absolute atomic E-state index is 14.9. The van der Waals surface area contributed by atoms with Gasteiger partial charge in [0.1, 0.15) is 23.0 Å². The average molecular weight is 933 g/mol. The second kappa shape index (κ2) is 17.6. The molecule has 0 spiro atoms. The molecule has 2 saturated carbocycles. The Balaban J connectivity index is 1.03. The van der Waals surface area contributed by atoms with Crippen LogP contribution in [0.15, 0.2) is 173 Å². The summed E-state index contributed by atoms with van der Waals surface area (Å²) in [7, 11) is 0. The molecule has 13 rings (SSSR count). The van der Waals surface area contributed by atoms with Crippen molar-refractivity contribution in [3.05, 3.63) is 193 Å². The van der Waals surface area contributed by atoms with Gasteiger partial charge in [-0.15, -0.1) is 0 Å². The van der Waals surface area contributed by atoms with E-state index in [0.717, 1.165) is 129 Å². The number of anilines is 6. The highest BCUT2D eigenvalue weighted by molar-refractivity contribution is 6.28. The molecule has 9 aromatic carbocycles. The van der Waals surface area contributed by atoms with Crippen LogP contribution < -0.4 is 9.80 Å².